The summed E-state index contributed by atoms with van der Waals surface area (Å²) in [6.07, 6.45) is -0.177. The van der Waals surface area contributed by atoms with Crippen LogP contribution in [0.3, 0.4) is 0 Å². The number of amides is 1. The summed E-state index contributed by atoms with van der Waals surface area (Å²) in [5, 5.41) is 33.4. The first-order valence-electron chi connectivity index (χ1n) is 6.12. The van der Waals surface area contributed by atoms with Crippen molar-refractivity contribution in [1.29, 1.82) is 0 Å². The lowest BCUT2D eigenvalue weighted by Crippen LogP contribution is -2.36. The quantitative estimate of drug-likeness (QED) is 0.325. The Bertz CT molecular complexity index is 466. The van der Waals surface area contributed by atoms with E-state index in [1.54, 1.807) is 18.2 Å². The molecule has 0 heterocycles. The maximum atomic E-state index is 10.8. The van der Waals surface area contributed by atoms with Crippen LogP contribution >= 0.6 is 0 Å². The monoisotopic (exact) mass is 283 g/mol. The van der Waals surface area contributed by atoms with Crippen molar-refractivity contribution in [2.24, 2.45) is 0 Å². The van der Waals surface area contributed by atoms with E-state index in [-0.39, 0.29) is 12.3 Å². The Labute approximate surface area is 115 Å². The molecular weight excluding hydrogens is 266 g/mol. The van der Waals surface area contributed by atoms with Crippen molar-refractivity contribution in [3.05, 3.63) is 34.4 Å². The van der Waals surface area contributed by atoms with Crippen molar-refractivity contribution in [3.8, 4) is 0 Å². The average molecular weight is 283 g/mol. The first kappa shape index (κ1) is 15.7. The van der Waals surface area contributed by atoms with E-state index in [2.05, 4.69) is 10.6 Å². The lowest BCUT2D eigenvalue weighted by atomic mass is 10.1. The number of anilines is 1. The molecule has 0 radical (unpaired) electrons. The number of aliphatic hydroxyl groups is 1. The number of nitro benzene ring substituents is 1. The van der Waals surface area contributed by atoms with Gasteiger partial charge in [0.1, 0.15) is 5.69 Å². The maximum Gasteiger partial charge on any atom is 0.404 e. The second-order valence-electron chi connectivity index (χ2n) is 4.17. The molecule has 1 aromatic carbocycles. The standard InChI is InChI=1S/C12H17N3O5/c16-8-9(14-12(17)18)4-3-7-13-10-5-1-2-6-11(10)15(19)20/h1-2,5-6,9,13-14,16H,3-4,7-8H2,(H,17,18)/t9-/m0/s1. The number of nitrogens with zero attached hydrogens (tertiary/aromatic N) is 1. The molecule has 8 heteroatoms. The second-order valence-corrected chi connectivity index (χ2v) is 4.17. The summed E-state index contributed by atoms with van der Waals surface area (Å²) in [6.45, 7) is 0.167. The first-order valence-corrected chi connectivity index (χ1v) is 6.12. The molecule has 0 spiro atoms. The van der Waals surface area contributed by atoms with Gasteiger partial charge in [0.15, 0.2) is 0 Å². The van der Waals surface area contributed by atoms with Crippen LogP contribution in [0.5, 0.6) is 0 Å². The Morgan fingerprint density at radius 1 is 1.40 bits per heavy atom. The van der Waals surface area contributed by atoms with E-state index in [1.807, 2.05) is 0 Å². The minimum Gasteiger partial charge on any atom is -0.465 e. The highest BCUT2D eigenvalue weighted by molar-refractivity contribution is 5.64. The summed E-state index contributed by atoms with van der Waals surface area (Å²) in [5.74, 6) is 0. The Kier molecular flexibility index (Phi) is 6.24. The zero-order valence-corrected chi connectivity index (χ0v) is 10.8. The second kappa shape index (κ2) is 7.95. The Morgan fingerprint density at radius 3 is 2.70 bits per heavy atom. The molecule has 0 aliphatic rings. The average Bonchev–Trinajstić information content (AvgIpc) is 2.42. The van der Waals surface area contributed by atoms with Gasteiger partial charge in [-0.15, -0.1) is 0 Å². The lowest BCUT2D eigenvalue weighted by Gasteiger charge is -2.14. The molecule has 0 aromatic heterocycles. The van der Waals surface area contributed by atoms with Crippen LogP contribution in [0.4, 0.5) is 16.2 Å². The highest BCUT2D eigenvalue weighted by Gasteiger charge is 2.12. The number of para-hydroxylation sites is 2. The van der Waals surface area contributed by atoms with Crippen molar-refractivity contribution in [2.75, 3.05) is 18.5 Å². The Hall–Kier alpha value is -2.35. The summed E-state index contributed by atoms with van der Waals surface area (Å²) < 4.78 is 0. The number of aliphatic hydroxyl groups excluding tert-OH is 1. The van der Waals surface area contributed by atoms with E-state index in [0.29, 0.717) is 25.1 Å². The van der Waals surface area contributed by atoms with Gasteiger partial charge in [-0.2, -0.15) is 0 Å². The summed E-state index contributed by atoms with van der Waals surface area (Å²) in [7, 11) is 0. The fourth-order valence-corrected chi connectivity index (χ4v) is 1.74. The number of carboxylic acid groups (broad SMARTS) is 1. The van der Waals surface area contributed by atoms with Crippen LogP contribution in [0.25, 0.3) is 0 Å². The van der Waals surface area contributed by atoms with Crippen molar-refractivity contribution in [3.63, 3.8) is 0 Å². The van der Waals surface area contributed by atoms with Gasteiger partial charge < -0.3 is 20.8 Å². The molecule has 1 rings (SSSR count). The van der Waals surface area contributed by atoms with Crippen molar-refractivity contribution in [2.45, 2.75) is 18.9 Å². The van der Waals surface area contributed by atoms with Gasteiger partial charge in [0.2, 0.25) is 0 Å². The minimum atomic E-state index is -1.18. The Balaban J connectivity index is 2.41. The van der Waals surface area contributed by atoms with Crippen LogP contribution in [0.2, 0.25) is 0 Å². The molecule has 0 bridgehead atoms. The summed E-state index contributed by atoms with van der Waals surface area (Å²) in [5.41, 5.74) is 0.416. The van der Waals surface area contributed by atoms with E-state index in [0.717, 1.165) is 0 Å². The molecule has 1 aromatic rings. The fraction of sp³-hybridized carbons (Fsp3) is 0.417. The van der Waals surface area contributed by atoms with Gasteiger partial charge in [0, 0.05) is 12.6 Å². The molecule has 4 N–H and O–H groups in total. The number of hydrogen-bond acceptors (Lipinski definition) is 5. The molecule has 8 nitrogen and oxygen atoms in total. The molecule has 0 aliphatic heterocycles. The molecule has 0 unspecified atom stereocenters. The van der Waals surface area contributed by atoms with E-state index in [1.165, 1.54) is 6.07 Å². The van der Waals surface area contributed by atoms with Gasteiger partial charge >= 0.3 is 6.09 Å². The van der Waals surface area contributed by atoms with Crippen LogP contribution in [-0.2, 0) is 0 Å². The molecule has 0 fully saturated rings. The van der Waals surface area contributed by atoms with Crippen molar-refractivity contribution >= 4 is 17.5 Å². The molecule has 1 atom stereocenters. The van der Waals surface area contributed by atoms with Gasteiger partial charge in [-0.1, -0.05) is 12.1 Å². The molecule has 110 valence electrons. The third kappa shape index (κ3) is 5.11. The van der Waals surface area contributed by atoms with Crippen LogP contribution in [0.1, 0.15) is 12.8 Å². The lowest BCUT2D eigenvalue weighted by molar-refractivity contribution is -0.384. The van der Waals surface area contributed by atoms with Crippen LogP contribution < -0.4 is 10.6 Å². The highest BCUT2D eigenvalue weighted by atomic mass is 16.6. The van der Waals surface area contributed by atoms with Crippen LogP contribution in [-0.4, -0.2) is 40.4 Å². The van der Waals surface area contributed by atoms with Gasteiger partial charge in [-0.05, 0) is 18.9 Å². The first-order chi connectivity index (χ1) is 9.54. The normalized spacial score (nSPS) is 11.7. The number of nitro groups is 1. The third-order valence-electron chi connectivity index (χ3n) is 2.69. The van der Waals surface area contributed by atoms with Crippen LogP contribution in [0.15, 0.2) is 24.3 Å². The SMILES string of the molecule is O=C(O)N[C@H](CO)CCCNc1ccccc1[N+](=O)[O-]. The summed E-state index contributed by atoms with van der Waals surface area (Å²) in [6, 6.07) is 5.77. The van der Waals surface area contributed by atoms with Gasteiger partial charge in [-0.25, -0.2) is 4.79 Å². The van der Waals surface area contributed by atoms with Crippen LogP contribution in [0, 0.1) is 10.1 Å². The summed E-state index contributed by atoms with van der Waals surface area (Å²) in [4.78, 5) is 20.7. The number of hydrogen-bond donors (Lipinski definition) is 4. The molecule has 0 saturated heterocycles. The topological polar surface area (TPSA) is 125 Å². The highest BCUT2D eigenvalue weighted by Crippen LogP contribution is 2.22. The largest absolute Gasteiger partial charge is 0.465 e. The predicted octanol–water partition coefficient (Wildman–Crippen LogP) is 1.42. The minimum absolute atomic E-state index is 0.00475. The smallest absolute Gasteiger partial charge is 0.404 e. The van der Waals surface area contributed by atoms with E-state index in [4.69, 9.17) is 10.2 Å². The predicted molar refractivity (Wildman–Crippen MR) is 72.9 cm³/mol. The number of rotatable bonds is 8. The zero-order valence-electron chi connectivity index (χ0n) is 10.8. The van der Waals surface area contributed by atoms with Gasteiger partial charge in [0.05, 0.1) is 17.6 Å². The third-order valence-corrected chi connectivity index (χ3v) is 2.69. The number of carbonyl (C=O) groups is 1. The van der Waals surface area contributed by atoms with Crippen molar-refractivity contribution < 1.29 is 19.9 Å². The molecular formula is C12H17N3O5. The van der Waals surface area contributed by atoms with Gasteiger partial charge in [-0.3, -0.25) is 10.1 Å². The molecule has 0 aliphatic carbocycles. The van der Waals surface area contributed by atoms with Crippen molar-refractivity contribution in [1.82, 2.24) is 5.32 Å². The summed E-state index contributed by atoms with van der Waals surface area (Å²) >= 11 is 0. The fourth-order valence-electron chi connectivity index (χ4n) is 1.74. The molecule has 0 saturated carbocycles. The van der Waals surface area contributed by atoms with E-state index in [9.17, 15) is 14.9 Å². The van der Waals surface area contributed by atoms with E-state index >= 15 is 0 Å². The molecule has 20 heavy (non-hydrogen) atoms. The van der Waals surface area contributed by atoms with Gasteiger partial charge in [0.25, 0.3) is 5.69 Å². The maximum absolute atomic E-state index is 10.8. The Morgan fingerprint density at radius 2 is 2.10 bits per heavy atom. The van der Waals surface area contributed by atoms with E-state index < -0.39 is 17.1 Å². The number of benzene rings is 1. The number of nitrogens with one attached hydrogen (secondary N) is 2. The zero-order chi connectivity index (χ0) is 15.0. The molecule has 1 amide bonds.